The van der Waals surface area contributed by atoms with Gasteiger partial charge in [-0.25, -0.2) is 0 Å². The molecule has 0 heterocycles. The fraction of sp³-hybridized carbons (Fsp3) is 0.636. The number of allylic oxidation sites excluding steroid dienone is 4. The summed E-state index contributed by atoms with van der Waals surface area (Å²) in [5, 5.41) is 6.97. The van der Waals surface area contributed by atoms with Crippen LogP contribution in [0.3, 0.4) is 0 Å². The Balaban J connectivity index is 0.000000261. The van der Waals surface area contributed by atoms with Crippen molar-refractivity contribution in [3.05, 3.63) is 22.8 Å². The van der Waals surface area contributed by atoms with E-state index in [1.165, 1.54) is 23.1 Å². The summed E-state index contributed by atoms with van der Waals surface area (Å²) in [6.45, 7) is 6.56. The Hall–Kier alpha value is 0.168. The maximum absolute atomic E-state index is 2.32. The van der Waals surface area contributed by atoms with Gasteiger partial charge in [0.25, 0.3) is 0 Å². The molecule has 0 fully saturated rings. The molecule has 1 aliphatic rings. The molecule has 0 nitrogen and oxygen atoms in total. The Labute approximate surface area is 83.3 Å². The zero-order valence-corrected chi connectivity index (χ0v) is 11.4. The van der Waals surface area contributed by atoms with Crippen molar-refractivity contribution in [2.45, 2.75) is 43.1 Å². The van der Waals surface area contributed by atoms with E-state index in [1.54, 1.807) is 0 Å². The molecular weight excluding hydrogens is 327 g/mol. The third-order valence-electron chi connectivity index (χ3n) is 1.95. The minimum atomic E-state index is -0.269. The van der Waals surface area contributed by atoms with Gasteiger partial charge < -0.3 is 0 Å². The van der Waals surface area contributed by atoms with E-state index in [4.69, 9.17) is 0 Å². The van der Waals surface area contributed by atoms with Gasteiger partial charge in [-0.1, -0.05) is 17.2 Å². The summed E-state index contributed by atoms with van der Waals surface area (Å²) >= 11 is -0.269. The van der Waals surface area contributed by atoms with Crippen LogP contribution in [-0.4, -0.2) is 0 Å². The zero-order chi connectivity index (χ0) is 9.72. The van der Waals surface area contributed by atoms with Crippen LogP contribution in [0, 0.1) is 0 Å². The molecule has 0 saturated carbocycles. The Bertz CT molecular complexity index is 189. The monoisotopic (exact) mass is 348 g/mol. The van der Waals surface area contributed by atoms with E-state index in [1.807, 2.05) is 0 Å². The van der Waals surface area contributed by atoms with Crippen molar-refractivity contribution in [1.82, 2.24) is 0 Å². The van der Waals surface area contributed by atoms with Crippen molar-refractivity contribution in [3.63, 3.8) is 0 Å². The normalized spacial score (nSPS) is 16.8. The first kappa shape index (κ1) is 12.2. The molecule has 0 spiro atoms. The second kappa shape index (κ2) is 5.75. The van der Waals surface area contributed by atoms with E-state index in [0.29, 0.717) is 0 Å². The number of rotatable bonds is 0. The standard InChI is InChI=1S/C8H12.3CH3.Pt/c1-6-4-5-7(2)8(6)3;;;;/h4H,5H2,1-3H3;3*1H3;. The molecule has 0 unspecified atom stereocenters. The van der Waals surface area contributed by atoms with Gasteiger partial charge in [-0.2, -0.15) is 0 Å². The van der Waals surface area contributed by atoms with Crippen molar-refractivity contribution < 1.29 is 17.3 Å². The molecule has 1 rings (SSSR count). The van der Waals surface area contributed by atoms with Crippen LogP contribution >= 0.6 is 0 Å². The van der Waals surface area contributed by atoms with Gasteiger partial charge in [-0.3, -0.25) is 0 Å². The summed E-state index contributed by atoms with van der Waals surface area (Å²) < 4.78 is 0. The van der Waals surface area contributed by atoms with Crippen LogP contribution < -0.4 is 0 Å². The SMILES string of the molecule is CC1=CCC(C)=C1C.[CH3][Pt]([CH3])[CH3]. The third-order valence-corrected chi connectivity index (χ3v) is 1.95. The molecule has 0 atom stereocenters. The molecule has 0 aromatic rings. The summed E-state index contributed by atoms with van der Waals surface area (Å²) in [6.07, 6.45) is 3.46. The molecule has 0 N–H and O–H groups in total. The summed E-state index contributed by atoms with van der Waals surface area (Å²) in [6, 6.07) is 0. The maximum atomic E-state index is 2.32. The van der Waals surface area contributed by atoms with Gasteiger partial charge in [0.15, 0.2) is 0 Å². The second-order valence-corrected chi connectivity index (χ2v) is 10.3. The van der Waals surface area contributed by atoms with Crippen molar-refractivity contribution in [3.8, 4) is 0 Å². The summed E-state index contributed by atoms with van der Waals surface area (Å²) in [7, 11) is 0. The molecule has 1 heteroatoms. The molecule has 1 aliphatic carbocycles. The van der Waals surface area contributed by atoms with Crippen LogP contribution in [0.5, 0.6) is 0 Å². The predicted molar refractivity (Wildman–Crippen MR) is 54.3 cm³/mol. The van der Waals surface area contributed by atoms with E-state index in [9.17, 15) is 0 Å². The fourth-order valence-corrected chi connectivity index (χ4v) is 0.949. The average molecular weight is 348 g/mol. The first-order valence-electron chi connectivity index (χ1n) is 4.00. The third kappa shape index (κ3) is 4.93. The topological polar surface area (TPSA) is 0 Å². The quantitative estimate of drug-likeness (QED) is 0.608. The van der Waals surface area contributed by atoms with Gasteiger partial charge in [0.1, 0.15) is 0 Å². The van der Waals surface area contributed by atoms with Crippen LogP contribution in [-0.2, 0) is 17.3 Å². The summed E-state index contributed by atoms with van der Waals surface area (Å²) in [5.74, 6) is 0. The van der Waals surface area contributed by atoms with Gasteiger partial charge in [0.05, 0.1) is 0 Å². The Morgan fingerprint density at radius 3 is 1.58 bits per heavy atom. The van der Waals surface area contributed by atoms with E-state index in [0.717, 1.165) is 0 Å². The molecule has 75 valence electrons. The first-order chi connectivity index (χ1) is 5.45. The van der Waals surface area contributed by atoms with E-state index < -0.39 is 0 Å². The summed E-state index contributed by atoms with van der Waals surface area (Å²) in [5.41, 5.74) is 4.48. The average Bonchev–Trinajstić information content (AvgIpc) is 2.19. The molecule has 0 bridgehead atoms. The Kier molecular flexibility index (Phi) is 5.83. The Morgan fingerprint density at radius 2 is 1.50 bits per heavy atom. The van der Waals surface area contributed by atoms with Crippen molar-refractivity contribution in [2.24, 2.45) is 0 Å². The van der Waals surface area contributed by atoms with Crippen molar-refractivity contribution in [2.75, 3.05) is 0 Å². The summed E-state index contributed by atoms with van der Waals surface area (Å²) in [4.78, 5) is 0. The van der Waals surface area contributed by atoms with Crippen molar-refractivity contribution >= 4 is 0 Å². The van der Waals surface area contributed by atoms with Gasteiger partial charge in [0.2, 0.25) is 0 Å². The van der Waals surface area contributed by atoms with Crippen LogP contribution in [0.25, 0.3) is 0 Å². The molecule has 0 aromatic carbocycles. The molecule has 0 aromatic heterocycles. The van der Waals surface area contributed by atoms with Crippen LogP contribution in [0.2, 0.25) is 15.9 Å². The molecular formula is C11H21Pt. The van der Waals surface area contributed by atoms with Crippen molar-refractivity contribution in [1.29, 1.82) is 0 Å². The van der Waals surface area contributed by atoms with Gasteiger partial charge in [-0.05, 0) is 32.8 Å². The van der Waals surface area contributed by atoms with E-state index in [-0.39, 0.29) is 17.3 Å². The predicted octanol–water partition coefficient (Wildman–Crippen LogP) is 4.42. The van der Waals surface area contributed by atoms with E-state index in [2.05, 4.69) is 42.8 Å². The van der Waals surface area contributed by atoms with Crippen LogP contribution in [0.4, 0.5) is 0 Å². The number of hydrogen-bond acceptors (Lipinski definition) is 0. The fourth-order valence-electron chi connectivity index (χ4n) is 0.949. The minimum absolute atomic E-state index is 0.269. The number of hydrogen-bond donors (Lipinski definition) is 0. The molecule has 12 heavy (non-hydrogen) atoms. The van der Waals surface area contributed by atoms with Gasteiger partial charge in [-0.15, -0.1) is 0 Å². The van der Waals surface area contributed by atoms with E-state index >= 15 is 0 Å². The second-order valence-electron chi connectivity index (χ2n) is 3.45. The van der Waals surface area contributed by atoms with Crippen LogP contribution in [0.15, 0.2) is 22.8 Å². The zero-order valence-electron chi connectivity index (χ0n) is 9.10. The Morgan fingerprint density at radius 1 is 1.08 bits per heavy atom. The molecule has 0 aliphatic heterocycles. The van der Waals surface area contributed by atoms with Gasteiger partial charge >= 0.3 is 33.3 Å². The first-order valence-corrected chi connectivity index (χ1v) is 10.8. The van der Waals surface area contributed by atoms with Gasteiger partial charge in [0, 0.05) is 0 Å². The molecule has 0 saturated heterocycles. The molecule has 0 radical (unpaired) electrons. The van der Waals surface area contributed by atoms with Crippen LogP contribution in [0.1, 0.15) is 27.2 Å². The molecule has 0 amide bonds.